The second-order valence-corrected chi connectivity index (χ2v) is 5.19. The molecule has 2 nitrogen and oxygen atoms in total. The van der Waals surface area contributed by atoms with E-state index in [9.17, 15) is 8.78 Å². The van der Waals surface area contributed by atoms with E-state index in [0.717, 1.165) is 17.8 Å². The predicted molar refractivity (Wildman–Crippen MR) is 76.9 cm³/mol. The lowest BCUT2D eigenvalue weighted by Crippen LogP contribution is -2.29. The molecule has 1 heterocycles. The van der Waals surface area contributed by atoms with Crippen LogP contribution in [-0.4, -0.2) is 6.04 Å². The van der Waals surface area contributed by atoms with Crippen molar-refractivity contribution in [2.24, 2.45) is 0 Å². The van der Waals surface area contributed by atoms with Gasteiger partial charge in [-0.25, -0.2) is 8.78 Å². The lowest BCUT2D eigenvalue weighted by Gasteiger charge is -2.32. The van der Waals surface area contributed by atoms with Crippen molar-refractivity contribution >= 4 is 11.4 Å². The average Bonchev–Trinajstić information content (AvgIpc) is 2.41. The summed E-state index contributed by atoms with van der Waals surface area (Å²) in [4.78, 5) is 0. The summed E-state index contributed by atoms with van der Waals surface area (Å²) in [5.74, 6) is -0.498. The van der Waals surface area contributed by atoms with Gasteiger partial charge in [0.2, 0.25) is 0 Å². The summed E-state index contributed by atoms with van der Waals surface area (Å²) in [6.07, 6.45) is 0.769. The van der Waals surface area contributed by atoms with Crippen LogP contribution in [0.25, 0.3) is 0 Å². The Kier molecular flexibility index (Phi) is 3.30. The van der Waals surface area contributed by atoms with Gasteiger partial charge in [0.25, 0.3) is 0 Å². The van der Waals surface area contributed by atoms with Crippen molar-refractivity contribution in [1.29, 1.82) is 0 Å². The summed E-state index contributed by atoms with van der Waals surface area (Å²) in [5.41, 5.74) is 2.26. The summed E-state index contributed by atoms with van der Waals surface area (Å²) in [6, 6.07) is 11.3. The SMILES string of the molecule is C[C@@H]1C[C@@H](Nc2ccc(F)cc2)c2c(F)cccc2N1. The normalized spacial score (nSPS) is 20.9. The molecular weight excluding hydrogens is 258 g/mol. The third-order valence-electron chi connectivity index (χ3n) is 3.58. The zero-order chi connectivity index (χ0) is 14.1. The van der Waals surface area contributed by atoms with E-state index in [0.29, 0.717) is 5.56 Å². The topological polar surface area (TPSA) is 24.1 Å². The van der Waals surface area contributed by atoms with E-state index in [1.165, 1.54) is 18.2 Å². The molecule has 0 spiro atoms. The van der Waals surface area contributed by atoms with Crippen LogP contribution < -0.4 is 10.6 Å². The van der Waals surface area contributed by atoms with Gasteiger partial charge < -0.3 is 10.6 Å². The molecule has 20 heavy (non-hydrogen) atoms. The van der Waals surface area contributed by atoms with E-state index in [2.05, 4.69) is 17.6 Å². The van der Waals surface area contributed by atoms with E-state index < -0.39 is 0 Å². The van der Waals surface area contributed by atoms with Gasteiger partial charge in [0.1, 0.15) is 11.6 Å². The first-order valence-electron chi connectivity index (χ1n) is 6.70. The minimum Gasteiger partial charge on any atom is -0.382 e. The fourth-order valence-electron chi connectivity index (χ4n) is 2.69. The van der Waals surface area contributed by atoms with Crippen molar-refractivity contribution in [2.45, 2.75) is 25.4 Å². The molecule has 0 radical (unpaired) electrons. The highest BCUT2D eigenvalue weighted by molar-refractivity contribution is 5.59. The van der Waals surface area contributed by atoms with Gasteiger partial charge >= 0.3 is 0 Å². The molecule has 2 aromatic carbocycles. The maximum Gasteiger partial charge on any atom is 0.130 e. The number of rotatable bonds is 2. The first-order valence-corrected chi connectivity index (χ1v) is 6.70. The molecule has 0 fully saturated rings. The van der Waals surface area contributed by atoms with Crippen LogP contribution in [0.3, 0.4) is 0 Å². The van der Waals surface area contributed by atoms with E-state index in [4.69, 9.17) is 0 Å². The molecule has 0 amide bonds. The first-order chi connectivity index (χ1) is 9.63. The van der Waals surface area contributed by atoms with Gasteiger partial charge in [0, 0.05) is 23.0 Å². The van der Waals surface area contributed by atoms with Gasteiger partial charge in [-0.3, -0.25) is 0 Å². The molecule has 0 aromatic heterocycles. The molecule has 0 unspecified atom stereocenters. The Morgan fingerprint density at radius 1 is 1.10 bits per heavy atom. The van der Waals surface area contributed by atoms with Gasteiger partial charge in [0.15, 0.2) is 0 Å². The molecule has 2 N–H and O–H groups in total. The van der Waals surface area contributed by atoms with E-state index >= 15 is 0 Å². The molecule has 0 bridgehead atoms. The van der Waals surface area contributed by atoms with Gasteiger partial charge in [-0.2, -0.15) is 0 Å². The summed E-state index contributed by atoms with van der Waals surface area (Å²) < 4.78 is 27.0. The number of hydrogen-bond donors (Lipinski definition) is 2. The summed E-state index contributed by atoms with van der Waals surface area (Å²) in [6.45, 7) is 2.06. The number of nitrogens with one attached hydrogen (secondary N) is 2. The van der Waals surface area contributed by atoms with Crippen molar-refractivity contribution in [2.75, 3.05) is 10.6 Å². The summed E-state index contributed by atoms with van der Waals surface area (Å²) in [5, 5.41) is 6.57. The number of hydrogen-bond acceptors (Lipinski definition) is 2. The quantitative estimate of drug-likeness (QED) is 0.852. The van der Waals surface area contributed by atoms with Gasteiger partial charge in [-0.15, -0.1) is 0 Å². The van der Waals surface area contributed by atoms with Crippen molar-refractivity contribution < 1.29 is 8.78 Å². The Bertz CT molecular complexity index is 610. The van der Waals surface area contributed by atoms with Crippen molar-refractivity contribution in [1.82, 2.24) is 0 Å². The lowest BCUT2D eigenvalue weighted by molar-refractivity contribution is 0.544. The number of anilines is 2. The standard InChI is InChI=1S/C16H16F2N2/c1-10-9-15(20-12-7-5-11(17)6-8-12)16-13(18)3-2-4-14(16)19-10/h2-8,10,15,19-20H,9H2,1H3/t10-,15-/m1/s1. The smallest absolute Gasteiger partial charge is 0.130 e. The molecule has 3 rings (SSSR count). The van der Waals surface area contributed by atoms with Crippen LogP contribution in [0.5, 0.6) is 0 Å². The number of benzene rings is 2. The van der Waals surface area contributed by atoms with Crippen molar-refractivity contribution in [3.63, 3.8) is 0 Å². The van der Waals surface area contributed by atoms with Crippen LogP contribution in [-0.2, 0) is 0 Å². The molecule has 2 atom stereocenters. The average molecular weight is 274 g/mol. The minimum absolute atomic E-state index is 0.118. The highest BCUT2D eigenvalue weighted by atomic mass is 19.1. The number of halogens is 2. The monoisotopic (exact) mass is 274 g/mol. The largest absolute Gasteiger partial charge is 0.382 e. The summed E-state index contributed by atoms with van der Waals surface area (Å²) in [7, 11) is 0. The Morgan fingerprint density at radius 3 is 2.60 bits per heavy atom. The highest BCUT2D eigenvalue weighted by Gasteiger charge is 2.26. The fourth-order valence-corrected chi connectivity index (χ4v) is 2.69. The molecule has 4 heteroatoms. The van der Waals surface area contributed by atoms with Crippen LogP contribution >= 0.6 is 0 Å². The molecule has 1 aliphatic heterocycles. The van der Waals surface area contributed by atoms with Crippen molar-refractivity contribution in [3.05, 3.63) is 59.7 Å². The van der Waals surface area contributed by atoms with Crippen LogP contribution in [0.15, 0.2) is 42.5 Å². The first kappa shape index (κ1) is 12.9. The molecule has 2 aromatic rings. The molecule has 0 aliphatic carbocycles. The van der Waals surface area contributed by atoms with Crippen molar-refractivity contribution in [3.8, 4) is 0 Å². The third-order valence-corrected chi connectivity index (χ3v) is 3.58. The van der Waals surface area contributed by atoms with E-state index in [1.54, 1.807) is 18.2 Å². The zero-order valence-corrected chi connectivity index (χ0v) is 11.2. The van der Waals surface area contributed by atoms with Gasteiger partial charge in [-0.05, 0) is 49.7 Å². The predicted octanol–water partition coefficient (Wildman–Crippen LogP) is 4.32. The molecule has 0 saturated heterocycles. The molecular formula is C16H16F2N2. The Hall–Kier alpha value is -2.10. The van der Waals surface area contributed by atoms with E-state index in [-0.39, 0.29) is 23.7 Å². The maximum absolute atomic E-state index is 14.1. The fraction of sp³-hybridized carbons (Fsp3) is 0.250. The second-order valence-electron chi connectivity index (χ2n) is 5.19. The Morgan fingerprint density at radius 2 is 1.85 bits per heavy atom. The van der Waals surface area contributed by atoms with Crippen LogP contribution in [0.2, 0.25) is 0 Å². The van der Waals surface area contributed by atoms with Crippen LogP contribution in [0, 0.1) is 11.6 Å². The number of fused-ring (bicyclic) bond motifs is 1. The van der Waals surface area contributed by atoms with Crippen LogP contribution in [0.4, 0.5) is 20.2 Å². The maximum atomic E-state index is 14.1. The highest BCUT2D eigenvalue weighted by Crippen LogP contribution is 2.36. The molecule has 1 aliphatic rings. The molecule has 0 saturated carbocycles. The zero-order valence-electron chi connectivity index (χ0n) is 11.2. The lowest BCUT2D eigenvalue weighted by atomic mass is 9.93. The minimum atomic E-state index is -0.277. The van der Waals surface area contributed by atoms with Gasteiger partial charge in [0.05, 0.1) is 6.04 Å². The Balaban J connectivity index is 1.92. The van der Waals surface area contributed by atoms with Gasteiger partial charge in [-0.1, -0.05) is 6.07 Å². The Labute approximate surface area is 116 Å². The molecule has 104 valence electrons. The summed E-state index contributed by atoms with van der Waals surface area (Å²) >= 11 is 0. The second kappa shape index (κ2) is 5.12. The third kappa shape index (κ3) is 2.46. The van der Waals surface area contributed by atoms with E-state index in [1.807, 2.05) is 6.07 Å². The van der Waals surface area contributed by atoms with Crippen LogP contribution in [0.1, 0.15) is 24.9 Å².